The minimum absolute atomic E-state index is 0.0796. The molecule has 1 atom stereocenters. The third kappa shape index (κ3) is 1.97. The van der Waals surface area contributed by atoms with Gasteiger partial charge >= 0.3 is 0 Å². The average molecular weight is 263 g/mol. The summed E-state index contributed by atoms with van der Waals surface area (Å²) in [6.45, 7) is 4.00. The van der Waals surface area contributed by atoms with Crippen LogP contribution in [0.1, 0.15) is 20.1 Å². The monoisotopic (exact) mass is 263 g/mol. The lowest BCUT2D eigenvalue weighted by atomic mass is 10.2. The van der Waals surface area contributed by atoms with Crippen molar-refractivity contribution in [3.63, 3.8) is 0 Å². The van der Waals surface area contributed by atoms with Crippen LogP contribution in [-0.4, -0.2) is 10.7 Å². The van der Waals surface area contributed by atoms with Crippen LogP contribution in [0, 0.1) is 12.3 Å². The van der Waals surface area contributed by atoms with Crippen molar-refractivity contribution >= 4 is 21.8 Å². The smallest absolute Gasteiger partial charge is 0.198 e. The fraction of sp³-hybridized carbons (Fsp3) is 0.222. The Morgan fingerprint density at radius 2 is 1.45 bits per heavy atom. The average Bonchev–Trinajstić information content (AvgIpc) is 2.79. The van der Waals surface area contributed by atoms with Gasteiger partial charge in [-0.25, -0.2) is 0 Å². The maximum Gasteiger partial charge on any atom is 0.198 e. The van der Waals surface area contributed by atoms with Gasteiger partial charge in [0.15, 0.2) is 6.23 Å². The highest BCUT2D eigenvalue weighted by molar-refractivity contribution is 6.08. The molecule has 20 heavy (non-hydrogen) atoms. The van der Waals surface area contributed by atoms with E-state index in [2.05, 4.69) is 34.8 Å². The zero-order valence-electron chi connectivity index (χ0n) is 11.7. The molecule has 0 spiro atoms. The van der Waals surface area contributed by atoms with Gasteiger partial charge in [0.1, 0.15) is 0 Å². The van der Waals surface area contributed by atoms with Crippen LogP contribution in [-0.2, 0) is 4.74 Å². The van der Waals surface area contributed by atoms with Crippen LogP contribution < -0.4 is 0 Å². The highest BCUT2D eigenvalue weighted by atomic mass is 16.5. The molecule has 2 heteroatoms. The van der Waals surface area contributed by atoms with E-state index >= 15 is 0 Å². The van der Waals surface area contributed by atoms with Gasteiger partial charge in [0.2, 0.25) is 0 Å². The molecule has 0 bridgehead atoms. The molecule has 0 fully saturated rings. The second-order valence-electron chi connectivity index (χ2n) is 5.11. The largest absolute Gasteiger partial charge is 0.344 e. The van der Waals surface area contributed by atoms with Crippen LogP contribution in [0.5, 0.6) is 0 Å². The third-order valence-corrected chi connectivity index (χ3v) is 3.40. The van der Waals surface area contributed by atoms with Gasteiger partial charge in [0, 0.05) is 10.8 Å². The minimum Gasteiger partial charge on any atom is -0.344 e. The number of ether oxygens (including phenoxy) is 1. The molecular formula is C18H17NO. The molecule has 1 aromatic heterocycles. The molecule has 0 aliphatic heterocycles. The van der Waals surface area contributed by atoms with E-state index < -0.39 is 0 Å². The standard InChI is InChI=1S/C18H17NO/c1-4-18(20-13(2)3)19-16-11-7-5-9-14(16)15-10-6-8-12-17(15)19/h1,5-13,18H,2-3H3. The Hall–Kier alpha value is -2.24. The number of nitrogens with zero attached hydrogens (tertiary/aromatic N) is 1. The van der Waals surface area contributed by atoms with Crippen molar-refractivity contribution in [3.05, 3.63) is 48.5 Å². The quantitative estimate of drug-likeness (QED) is 0.641. The number of fused-ring (bicyclic) bond motifs is 3. The molecule has 2 nitrogen and oxygen atoms in total. The molecule has 0 saturated carbocycles. The fourth-order valence-corrected chi connectivity index (χ4v) is 2.64. The molecule has 0 radical (unpaired) electrons. The van der Waals surface area contributed by atoms with E-state index in [4.69, 9.17) is 11.2 Å². The summed E-state index contributed by atoms with van der Waals surface area (Å²) >= 11 is 0. The van der Waals surface area contributed by atoms with E-state index in [1.807, 2.05) is 38.1 Å². The Balaban J connectivity index is 2.34. The van der Waals surface area contributed by atoms with Crippen LogP contribution in [0.2, 0.25) is 0 Å². The van der Waals surface area contributed by atoms with Gasteiger partial charge in [-0.2, -0.15) is 0 Å². The summed E-state index contributed by atoms with van der Waals surface area (Å²) in [4.78, 5) is 0. The topological polar surface area (TPSA) is 14.2 Å². The minimum atomic E-state index is -0.389. The lowest BCUT2D eigenvalue weighted by molar-refractivity contribution is 0.00483. The first-order valence-corrected chi connectivity index (χ1v) is 6.81. The van der Waals surface area contributed by atoms with E-state index in [0.29, 0.717) is 0 Å². The first-order valence-electron chi connectivity index (χ1n) is 6.81. The lowest BCUT2D eigenvalue weighted by Gasteiger charge is -2.19. The van der Waals surface area contributed by atoms with Crippen LogP contribution in [0.4, 0.5) is 0 Å². The van der Waals surface area contributed by atoms with Crippen LogP contribution in [0.25, 0.3) is 21.8 Å². The maximum atomic E-state index is 5.89. The van der Waals surface area contributed by atoms with E-state index in [1.54, 1.807) is 0 Å². The molecule has 3 rings (SSSR count). The number of benzene rings is 2. The Morgan fingerprint density at radius 1 is 0.950 bits per heavy atom. The molecule has 3 aromatic rings. The van der Waals surface area contributed by atoms with E-state index in [0.717, 1.165) is 11.0 Å². The molecule has 100 valence electrons. The zero-order valence-corrected chi connectivity index (χ0v) is 11.7. The van der Waals surface area contributed by atoms with Crippen molar-refractivity contribution in [1.82, 2.24) is 4.57 Å². The van der Waals surface area contributed by atoms with Gasteiger partial charge < -0.3 is 9.30 Å². The summed E-state index contributed by atoms with van der Waals surface area (Å²) in [6, 6.07) is 16.6. The van der Waals surface area contributed by atoms with Gasteiger partial charge in [-0.15, -0.1) is 6.42 Å². The summed E-state index contributed by atoms with van der Waals surface area (Å²) in [5, 5.41) is 2.41. The van der Waals surface area contributed by atoms with Crippen molar-refractivity contribution in [2.24, 2.45) is 0 Å². The SMILES string of the molecule is C#CC(OC(C)C)n1c2ccccc2c2ccccc21. The number of hydrogen-bond donors (Lipinski definition) is 0. The molecule has 0 N–H and O–H groups in total. The zero-order chi connectivity index (χ0) is 14.1. The number of rotatable bonds is 3. The Bertz CT molecular complexity index is 739. The molecule has 0 aliphatic rings. The van der Waals surface area contributed by atoms with Gasteiger partial charge in [-0.1, -0.05) is 42.3 Å². The van der Waals surface area contributed by atoms with Gasteiger partial charge in [0.25, 0.3) is 0 Å². The first kappa shape index (κ1) is 12.8. The van der Waals surface area contributed by atoms with E-state index in [-0.39, 0.29) is 12.3 Å². The summed E-state index contributed by atoms with van der Waals surface area (Å²) in [5.74, 6) is 2.76. The Labute approximate surface area is 119 Å². The molecular weight excluding hydrogens is 246 g/mol. The van der Waals surface area contributed by atoms with Crippen molar-refractivity contribution in [2.75, 3.05) is 0 Å². The van der Waals surface area contributed by atoms with Crippen LogP contribution in [0.15, 0.2) is 48.5 Å². The highest BCUT2D eigenvalue weighted by Gasteiger charge is 2.17. The van der Waals surface area contributed by atoms with Gasteiger partial charge in [0.05, 0.1) is 17.1 Å². The van der Waals surface area contributed by atoms with E-state index in [1.165, 1.54) is 10.8 Å². The molecule has 0 aliphatic carbocycles. The second-order valence-corrected chi connectivity index (χ2v) is 5.11. The maximum absolute atomic E-state index is 5.89. The normalized spacial score (nSPS) is 12.9. The summed E-state index contributed by atoms with van der Waals surface area (Å²) < 4.78 is 7.99. The van der Waals surface area contributed by atoms with Gasteiger partial charge in [-0.3, -0.25) is 0 Å². The molecule has 1 unspecified atom stereocenters. The predicted octanol–water partition coefficient (Wildman–Crippen LogP) is 4.35. The highest BCUT2D eigenvalue weighted by Crippen LogP contribution is 2.32. The van der Waals surface area contributed by atoms with Crippen molar-refractivity contribution in [1.29, 1.82) is 0 Å². The summed E-state index contributed by atoms with van der Waals surface area (Å²) in [6.07, 6.45) is 5.39. The second kappa shape index (κ2) is 5.03. The number of aromatic nitrogens is 1. The number of terminal acetylenes is 1. The Kier molecular flexibility index (Phi) is 3.22. The van der Waals surface area contributed by atoms with Crippen LogP contribution >= 0.6 is 0 Å². The Morgan fingerprint density at radius 3 is 1.90 bits per heavy atom. The first-order chi connectivity index (χ1) is 9.72. The number of para-hydroxylation sites is 2. The van der Waals surface area contributed by atoms with Crippen molar-refractivity contribution < 1.29 is 4.74 Å². The fourth-order valence-electron chi connectivity index (χ4n) is 2.64. The predicted molar refractivity (Wildman–Crippen MR) is 83.5 cm³/mol. The van der Waals surface area contributed by atoms with Crippen molar-refractivity contribution in [3.8, 4) is 12.3 Å². The molecule has 0 amide bonds. The van der Waals surface area contributed by atoms with Crippen LogP contribution in [0.3, 0.4) is 0 Å². The summed E-state index contributed by atoms with van der Waals surface area (Å²) in [7, 11) is 0. The molecule has 1 heterocycles. The molecule has 2 aromatic carbocycles. The van der Waals surface area contributed by atoms with Gasteiger partial charge in [-0.05, 0) is 26.0 Å². The number of hydrogen-bond acceptors (Lipinski definition) is 1. The lowest BCUT2D eigenvalue weighted by Crippen LogP contribution is -2.15. The van der Waals surface area contributed by atoms with E-state index in [9.17, 15) is 0 Å². The molecule has 0 saturated heterocycles. The third-order valence-electron chi connectivity index (χ3n) is 3.40. The summed E-state index contributed by atoms with van der Waals surface area (Å²) in [5.41, 5.74) is 2.22. The van der Waals surface area contributed by atoms with Crippen molar-refractivity contribution in [2.45, 2.75) is 26.2 Å².